The van der Waals surface area contributed by atoms with E-state index in [1.54, 1.807) is 0 Å². The molecule has 5 heteroatoms. The van der Waals surface area contributed by atoms with E-state index in [0.717, 1.165) is 11.8 Å². The van der Waals surface area contributed by atoms with Gasteiger partial charge in [0.05, 0.1) is 0 Å². The van der Waals surface area contributed by atoms with Crippen LogP contribution in [0.3, 0.4) is 0 Å². The number of carbonyl (C=O) groups is 1. The summed E-state index contributed by atoms with van der Waals surface area (Å²) < 4.78 is 10.7. The molecule has 0 bridgehead atoms. The molecule has 0 unspecified atom stereocenters. The fourth-order valence-electron chi connectivity index (χ4n) is 5.30. The molecule has 0 N–H and O–H groups in total. The molecule has 1 atom stereocenters. The molecule has 0 saturated heterocycles. The van der Waals surface area contributed by atoms with Gasteiger partial charge in [0.1, 0.15) is 0 Å². The summed E-state index contributed by atoms with van der Waals surface area (Å²) in [6.07, 6.45) is 12.5. The Kier molecular flexibility index (Phi) is 16.6. The SMILES string of the molecule is CCC[CH2][Sn]([CH2]CCC)([CH2]CCC)[C@H](OC(=O)N(C(C)C)C(C)C)c1ccccc1C/C=C/CBr. The third-order valence-corrected chi connectivity index (χ3v) is 23.4. The molecule has 1 aromatic rings. The number of nitrogens with zero attached hydrogens (tertiary/aromatic N) is 1. The van der Waals surface area contributed by atoms with Crippen LogP contribution in [0.5, 0.6) is 0 Å². The van der Waals surface area contributed by atoms with Crippen molar-refractivity contribution in [1.82, 2.24) is 4.90 Å². The fourth-order valence-corrected chi connectivity index (χ4v) is 22.7. The summed E-state index contributed by atoms with van der Waals surface area (Å²) >= 11 is 0.530. The van der Waals surface area contributed by atoms with E-state index in [1.165, 1.54) is 63.0 Å². The zero-order valence-corrected chi connectivity index (χ0v) is 28.1. The summed E-state index contributed by atoms with van der Waals surface area (Å²) in [5.74, 6) is 0. The van der Waals surface area contributed by atoms with E-state index < -0.39 is 18.4 Å². The van der Waals surface area contributed by atoms with Gasteiger partial charge in [-0.3, -0.25) is 0 Å². The number of carbonyl (C=O) groups excluding carboxylic acids is 1. The topological polar surface area (TPSA) is 29.5 Å². The summed E-state index contributed by atoms with van der Waals surface area (Å²) in [5.41, 5.74) is 2.60. The predicted molar refractivity (Wildman–Crippen MR) is 159 cm³/mol. The molecule has 35 heavy (non-hydrogen) atoms. The zero-order valence-electron chi connectivity index (χ0n) is 23.6. The van der Waals surface area contributed by atoms with Crippen LogP contribution in [0.15, 0.2) is 36.4 Å². The van der Waals surface area contributed by atoms with Gasteiger partial charge in [0.25, 0.3) is 0 Å². The first-order valence-electron chi connectivity index (χ1n) is 14.1. The van der Waals surface area contributed by atoms with E-state index in [9.17, 15) is 4.79 Å². The van der Waals surface area contributed by atoms with Gasteiger partial charge in [-0.2, -0.15) is 0 Å². The van der Waals surface area contributed by atoms with E-state index >= 15 is 0 Å². The maximum atomic E-state index is 13.8. The molecule has 0 aromatic heterocycles. The van der Waals surface area contributed by atoms with E-state index in [2.05, 4.69) is 101 Å². The molecule has 1 aromatic carbocycles. The number of halogens is 1. The quantitative estimate of drug-likeness (QED) is 0.0949. The molecule has 1 amide bonds. The van der Waals surface area contributed by atoms with Gasteiger partial charge in [0, 0.05) is 0 Å². The fraction of sp³-hybridized carbons (Fsp3) is 0.700. The van der Waals surface area contributed by atoms with Crippen molar-refractivity contribution in [3.05, 3.63) is 47.5 Å². The van der Waals surface area contributed by atoms with E-state index in [4.69, 9.17) is 4.74 Å². The first-order chi connectivity index (χ1) is 16.8. The number of unbranched alkanes of at least 4 members (excludes halogenated alkanes) is 3. The van der Waals surface area contributed by atoms with Crippen molar-refractivity contribution < 1.29 is 9.53 Å². The van der Waals surface area contributed by atoms with Crippen LogP contribution in [0.25, 0.3) is 0 Å². The van der Waals surface area contributed by atoms with Crippen LogP contribution < -0.4 is 0 Å². The Morgan fingerprint density at radius 1 is 0.914 bits per heavy atom. The number of allylic oxidation sites excluding steroid dienone is 2. The normalized spacial score (nSPS) is 13.1. The van der Waals surface area contributed by atoms with Gasteiger partial charge in [-0.1, -0.05) is 0 Å². The number of ether oxygens (including phenoxy) is 1. The van der Waals surface area contributed by atoms with Crippen LogP contribution >= 0.6 is 15.9 Å². The Labute approximate surface area is 229 Å². The van der Waals surface area contributed by atoms with Gasteiger partial charge < -0.3 is 0 Å². The molecule has 200 valence electrons. The number of benzene rings is 1. The van der Waals surface area contributed by atoms with Gasteiger partial charge >= 0.3 is 231 Å². The Morgan fingerprint density at radius 2 is 1.43 bits per heavy atom. The maximum absolute atomic E-state index is 13.8. The van der Waals surface area contributed by atoms with Crippen molar-refractivity contribution in [2.45, 2.75) is 123 Å². The standard InChI is InChI=1S/C18H25BrNO2.3C4H9.Sn/c1-14(2)20(15(3)4)18(21)22-13-17-11-6-5-9-16(17)10-7-8-12-19;3*1-3-4-2;/h5-9,11,13-15H,10,12H2,1-4H3;3*1,3-4H2,2H3;/b8-7+;;;;. The van der Waals surface area contributed by atoms with Gasteiger partial charge in [-0.15, -0.1) is 0 Å². The van der Waals surface area contributed by atoms with Crippen LogP contribution in [0.1, 0.15) is 102 Å². The number of amides is 1. The monoisotopic (exact) mass is 657 g/mol. The van der Waals surface area contributed by atoms with Crippen molar-refractivity contribution in [2.24, 2.45) is 0 Å². The molecule has 0 aliphatic rings. The van der Waals surface area contributed by atoms with Crippen molar-refractivity contribution in [3.8, 4) is 0 Å². The molecular formula is C30H52BrNO2Sn. The second kappa shape index (κ2) is 17.9. The van der Waals surface area contributed by atoms with Gasteiger partial charge in [0.15, 0.2) is 0 Å². The molecule has 0 heterocycles. The third-order valence-electron chi connectivity index (χ3n) is 7.11. The Morgan fingerprint density at radius 3 is 1.89 bits per heavy atom. The molecule has 0 saturated carbocycles. The Balaban J connectivity index is 3.69. The third kappa shape index (κ3) is 10.4. The minimum atomic E-state index is -2.98. The molecule has 0 aliphatic carbocycles. The van der Waals surface area contributed by atoms with Crippen molar-refractivity contribution in [2.75, 3.05) is 5.33 Å². The predicted octanol–water partition coefficient (Wildman–Crippen LogP) is 9.86. The van der Waals surface area contributed by atoms with Gasteiger partial charge in [-0.25, -0.2) is 0 Å². The molecule has 0 aliphatic heterocycles. The summed E-state index contributed by atoms with van der Waals surface area (Å²) in [5, 5.41) is 0.859. The summed E-state index contributed by atoms with van der Waals surface area (Å²) in [7, 11) is 0. The van der Waals surface area contributed by atoms with Crippen LogP contribution in [-0.2, 0) is 11.2 Å². The van der Waals surface area contributed by atoms with Crippen LogP contribution in [0.2, 0.25) is 13.3 Å². The molecule has 0 spiro atoms. The summed E-state index contributed by atoms with van der Waals surface area (Å²) in [4.78, 5) is 15.7. The average Bonchev–Trinajstić information content (AvgIpc) is 2.82. The van der Waals surface area contributed by atoms with Crippen LogP contribution in [-0.4, -0.2) is 46.8 Å². The van der Waals surface area contributed by atoms with Crippen molar-refractivity contribution in [1.29, 1.82) is 0 Å². The molecular weight excluding hydrogens is 605 g/mol. The number of alkyl halides is 1. The molecule has 0 fully saturated rings. The minimum absolute atomic E-state index is 0.0324. The van der Waals surface area contributed by atoms with E-state index in [0.29, 0.717) is 0 Å². The number of hydrogen-bond donors (Lipinski definition) is 0. The molecule has 1 rings (SSSR count). The zero-order chi connectivity index (χ0) is 26.3. The molecule has 0 radical (unpaired) electrons. The number of rotatable bonds is 17. The first-order valence-corrected chi connectivity index (χ1v) is 22.9. The van der Waals surface area contributed by atoms with E-state index in [1.807, 2.05) is 4.90 Å². The number of hydrogen-bond acceptors (Lipinski definition) is 2. The average molecular weight is 657 g/mol. The second-order valence-electron chi connectivity index (χ2n) is 10.6. The summed E-state index contributed by atoms with van der Waals surface area (Å²) in [6, 6.07) is 9.02. The summed E-state index contributed by atoms with van der Waals surface area (Å²) in [6.45, 7) is 15.3. The van der Waals surface area contributed by atoms with Crippen LogP contribution in [0, 0.1) is 0 Å². The second-order valence-corrected chi connectivity index (χ2v) is 24.8. The molecule has 3 nitrogen and oxygen atoms in total. The Hall–Kier alpha value is -0.491. The van der Waals surface area contributed by atoms with Crippen LogP contribution in [0.4, 0.5) is 4.79 Å². The van der Waals surface area contributed by atoms with E-state index in [-0.39, 0.29) is 22.3 Å². The van der Waals surface area contributed by atoms with Gasteiger partial charge in [-0.05, 0) is 0 Å². The Bertz CT molecular complexity index is 720. The van der Waals surface area contributed by atoms with Crippen molar-refractivity contribution >= 4 is 40.4 Å². The van der Waals surface area contributed by atoms with Crippen molar-refractivity contribution in [3.63, 3.8) is 0 Å². The first kappa shape index (κ1) is 32.5. The van der Waals surface area contributed by atoms with Gasteiger partial charge in [0.2, 0.25) is 0 Å².